The second-order valence-corrected chi connectivity index (χ2v) is 7.25. The first-order valence-corrected chi connectivity index (χ1v) is 9.22. The van der Waals surface area contributed by atoms with E-state index in [1.54, 1.807) is 31.3 Å². The number of aromatic carboxylic acids is 1. The Morgan fingerprint density at radius 3 is 2.40 bits per heavy atom. The van der Waals surface area contributed by atoms with E-state index in [-0.39, 0.29) is 16.9 Å². The van der Waals surface area contributed by atoms with Gasteiger partial charge in [0.2, 0.25) is 0 Å². The maximum Gasteiger partial charge on any atom is 0.415 e. The molecule has 1 atom stereocenters. The number of allylic oxidation sites excluding steroid dienone is 1. The molecule has 148 valence electrons. The van der Waals surface area contributed by atoms with Gasteiger partial charge in [0.1, 0.15) is 17.0 Å². The number of carboxylic acids is 1. The number of benzene rings is 2. The van der Waals surface area contributed by atoms with Crippen LogP contribution in [-0.4, -0.2) is 31.4 Å². The van der Waals surface area contributed by atoms with Crippen LogP contribution in [-0.2, 0) is 7.05 Å². The van der Waals surface area contributed by atoms with Crippen LogP contribution in [0.15, 0.2) is 63.7 Å². The van der Waals surface area contributed by atoms with Gasteiger partial charge < -0.3 is 10.2 Å². The molecule has 0 saturated carbocycles. The molecule has 8 nitrogen and oxygen atoms in total. The van der Waals surface area contributed by atoms with Gasteiger partial charge in [-0.25, -0.2) is 14.6 Å². The summed E-state index contributed by atoms with van der Waals surface area (Å²) in [5.74, 6) is -1.38. The number of aliphatic hydroxyl groups excluding tert-OH is 1. The molecule has 2 heterocycles. The number of aliphatic hydroxyl groups is 1. The first-order chi connectivity index (χ1) is 14.4. The Morgan fingerprint density at radius 1 is 1.07 bits per heavy atom. The number of aromatic nitrogens is 2. The fraction of sp³-hybridized carbons (Fsp3) is 0.0909. The molecule has 0 radical (unpaired) electrons. The normalized spacial score (nSPS) is 16.6. The van der Waals surface area contributed by atoms with Crippen LogP contribution >= 0.6 is 0 Å². The van der Waals surface area contributed by atoms with Gasteiger partial charge in [0.05, 0.1) is 24.1 Å². The minimum absolute atomic E-state index is 0.0410. The van der Waals surface area contributed by atoms with E-state index in [4.69, 9.17) is 0 Å². The van der Waals surface area contributed by atoms with Crippen molar-refractivity contribution in [3.8, 4) is 0 Å². The Hall–Kier alpha value is -4.20. The SMILES string of the molecule is Cn1c2c(c(=O)[nH]c1=O)C(c1ccc(C(=O)O)cc1)C1=C(O)c3ccccc3C1=[NH+]2. The fourth-order valence-electron chi connectivity index (χ4n) is 4.20. The summed E-state index contributed by atoms with van der Waals surface area (Å²) in [6.45, 7) is 0. The summed E-state index contributed by atoms with van der Waals surface area (Å²) in [5, 5.41) is 20.2. The average Bonchev–Trinajstić information content (AvgIpc) is 3.03. The van der Waals surface area contributed by atoms with Crippen LogP contribution < -0.4 is 16.2 Å². The smallest absolute Gasteiger partial charge is 0.415 e. The van der Waals surface area contributed by atoms with Gasteiger partial charge in [-0.05, 0) is 23.8 Å². The second kappa shape index (κ2) is 6.15. The van der Waals surface area contributed by atoms with E-state index < -0.39 is 23.1 Å². The van der Waals surface area contributed by atoms with E-state index in [1.165, 1.54) is 16.7 Å². The van der Waals surface area contributed by atoms with Crippen molar-refractivity contribution in [2.75, 3.05) is 0 Å². The molecule has 1 aliphatic carbocycles. The van der Waals surface area contributed by atoms with Crippen molar-refractivity contribution in [3.63, 3.8) is 0 Å². The van der Waals surface area contributed by atoms with Crippen LogP contribution in [0.2, 0.25) is 0 Å². The standard InChI is InChI=1S/C22H15N3O5/c1-25-19-16(20(27)24-22(25)30)14(10-6-8-11(9-7-10)21(28)29)15-17(23-19)12-4-2-3-5-13(12)18(15)26/h2-9,14,26H,1H3,(H,28,29)(H,24,27,30)/p+1. The topological polar surface area (TPSA) is 126 Å². The van der Waals surface area contributed by atoms with Crippen LogP contribution in [0.1, 0.15) is 38.5 Å². The number of hydrogen-bond acceptors (Lipinski definition) is 4. The van der Waals surface area contributed by atoms with Gasteiger partial charge in [-0.2, -0.15) is 4.57 Å². The van der Waals surface area contributed by atoms with E-state index in [1.807, 2.05) is 12.1 Å². The fourth-order valence-corrected chi connectivity index (χ4v) is 4.20. The van der Waals surface area contributed by atoms with Crippen molar-refractivity contribution in [2.24, 2.45) is 7.05 Å². The van der Waals surface area contributed by atoms with Crippen molar-refractivity contribution < 1.29 is 20.0 Å². The molecule has 1 aromatic heterocycles. The van der Waals surface area contributed by atoms with Gasteiger partial charge in [-0.3, -0.25) is 9.78 Å². The zero-order valence-electron chi connectivity index (χ0n) is 15.8. The molecule has 1 aliphatic heterocycles. The lowest BCUT2D eigenvalue weighted by Gasteiger charge is -2.23. The van der Waals surface area contributed by atoms with Crippen LogP contribution in [0.5, 0.6) is 0 Å². The van der Waals surface area contributed by atoms with Gasteiger partial charge in [0, 0.05) is 11.1 Å². The second-order valence-electron chi connectivity index (χ2n) is 7.25. The van der Waals surface area contributed by atoms with Gasteiger partial charge in [0.25, 0.3) is 11.4 Å². The summed E-state index contributed by atoms with van der Waals surface area (Å²) >= 11 is 0. The van der Waals surface area contributed by atoms with Crippen molar-refractivity contribution in [1.82, 2.24) is 9.55 Å². The molecule has 30 heavy (non-hydrogen) atoms. The highest BCUT2D eigenvalue weighted by molar-refractivity contribution is 6.21. The monoisotopic (exact) mass is 402 g/mol. The molecule has 2 aliphatic rings. The molecule has 0 spiro atoms. The molecule has 8 heteroatoms. The Morgan fingerprint density at radius 2 is 1.73 bits per heavy atom. The van der Waals surface area contributed by atoms with Crippen LogP contribution in [0.4, 0.5) is 5.82 Å². The number of hydrogen-bond donors (Lipinski definition) is 4. The number of rotatable bonds is 2. The third-order valence-corrected chi connectivity index (χ3v) is 5.65. The molecule has 4 N–H and O–H groups in total. The summed E-state index contributed by atoms with van der Waals surface area (Å²) in [4.78, 5) is 41.8. The van der Waals surface area contributed by atoms with E-state index in [2.05, 4.69) is 9.98 Å². The van der Waals surface area contributed by atoms with Gasteiger partial charge in [-0.1, -0.05) is 30.3 Å². The first-order valence-electron chi connectivity index (χ1n) is 9.22. The molecular formula is C22H16N3O5+. The molecule has 1 unspecified atom stereocenters. The van der Waals surface area contributed by atoms with E-state index >= 15 is 0 Å². The van der Waals surface area contributed by atoms with E-state index in [9.17, 15) is 24.6 Å². The maximum atomic E-state index is 12.8. The number of fused-ring (bicyclic) bond motifs is 4. The predicted octanol–water partition coefficient (Wildman–Crippen LogP) is 0.401. The van der Waals surface area contributed by atoms with Gasteiger partial charge in [0.15, 0.2) is 0 Å². The Labute approximate surface area is 169 Å². The van der Waals surface area contributed by atoms with Gasteiger partial charge >= 0.3 is 11.7 Å². The highest BCUT2D eigenvalue weighted by Crippen LogP contribution is 2.43. The molecule has 2 aromatic carbocycles. The Bertz CT molecular complexity index is 1420. The third kappa shape index (κ3) is 2.33. The molecule has 0 fully saturated rings. The molecular weight excluding hydrogens is 386 g/mol. The quantitative estimate of drug-likeness (QED) is 0.494. The van der Waals surface area contributed by atoms with Gasteiger partial charge in [-0.15, -0.1) is 0 Å². The van der Waals surface area contributed by atoms with E-state index in [0.29, 0.717) is 28.2 Å². The van der Waals surface area contributed by atoms with Crippen LogP contribution in [0, 0.1) is 0 Å². The lowest BCUT2D eigenvalue weighted by atomic mass is 9.81. The lowest BCUT2D eigenvalue weighted by Crippen LogP contribution is -2.72. The summed E-state index contributed by atoms with van der Waals surface area (Å²) in [6.07, 6.45) is 0. The zero-order chi connectivity index (χ0) is 21.2. The molecule has 0 bridgehead atoms. The zero-order valence-corrected chi connectivity index (χ0v) is 15.8. The lowest BCUT2D eigenvalue weighted by molar-refractivity contribution is -0.364. The predicted molar refractivity (Wildman–Crippen MR) is 108 cm³/mol. The number of nitrogens with zero attached hydrogens (tertiary/aromatic N) is 1. The highest BCUT2D eigenvalue weighted by Gasteiger charge is 2.43. The maximum absolute atomic E-state index is 12.8. The molecule has 0 amide bonds. The van der Waals surface area contributed by atoms with Crippen LogP contribution in [0.3, 0.4) is 0 Å². The third-order valence-electron chi connectivity index (χ3n) is 5.65. The number of aromatic amines is 1. The largest absolute Gasteiger partial charge is 0.507 e. The van der Waals surface area contributed by atoms with E-state index in [0.717, 1.165) is 5.56 Å². The summed E-state index contributed by atoms with van der Waals surface area (Å²) < 4.78 is 1.32. The summed E-state index contributed by atoms with van der Waals surface area (Å²) in [7, 11) is 1.55. The summed E-state index contributed by atoms with van der Waals surface area (Å²) in [6, 6.07) is 13.4. The number of H-pyrrole nitrogens is 1. The number of nitrogens with one attached hydrogen (secondary N) is 2. The van der Waals surface area contributed by atoms with Crippen LogP contribution in [0.25, 0.3) is 5.76 Å². The minimum Gasteiger partial charge on any atom is -0.507 e. The number of carbonyl (C=O) groups is 1. The van der Waals surface area contributed by atoms with Crippen molar-refractivity contribution in [3.05, 3.63) is 103 Å². The average molecular weight is 402 g/mol. The molecule has 5 rings (SSSR count). The molecule has 3 aromatic rings. The first kappa shape index (κ1) is 17.9. The van der Waals surface area contributed by atoms with Crippen molar-refractivity contribution >= 4 is 23.3 Å². The Kier molecular flexibility index (Phi) is 3.66. The van der Waals surface area contributed by atoms with Crippen molar-refractivity contribution in [1.29, 1.82) is 0 Å². The van der Waals surface area contributed by atoms with Crippen molar-refractivity contribution in [2.45, 2.75) is 5.92 Å². The Balaban J connectivity index is 1.86. The minimum atomic E-state index is -1.06. The summed E-state index contributed by atoms with van der Waals surface area (Å²) in [5.41, 5.74) is 2.39. The molecule has 0 saturated heterocycles. The number of carboxylic acid groups (broad SMARTS) is 1. The highest BCUT2D eigenvalue weighted by atomic mass is 16.4.